The Hall–Kier alpha value is -1.46. The molecule has 0 radical (unpaired) electrons. The summed E-state index contributed by atoms with van der Waals surface area (Å²) in [6.07, 6.45) is 5.23. The molecule has 1 saturated carbocycles. The van der Waals surface area contributed by atoms with E-state index in [9.17, 15) is 4.79 Å². The van der Waals surface area contributed by atoms with Crippen LogP contribution in [0.5, 0.6) is 5.75 Å². The number of ether oxygens (including phenoxy) is 2. The predicted molar refractivity (Wildman–Crippen MR) is 112 cm³/mol. The van der Waals surface area contributed by atoms with Gasteiger partial charge in [0.2, 0.25) is 0 Å². The van der Waals surface area contributed by atoms with Crippen molar-refractivity contribution in [3.63, 3.8) is 0 Å². The van der Waals surface area contributed by atoms with E-state index in [2.05, 4.69) is 16.3 Å². The van der Waals surface area contributed by atoms with Crippen molar-refractivity contribution in [2.24, 2.45) is 5.92 Å². The number of likely N-dealkylation sites (tertiary alicyclic amines) is 1. The molecule has 0 bridgehead atoms. The van der Waals surface area contributed by atoms with Crippen LogP contribution in [0.25, 0.3) is 0 Å². The number of hydrogen-bond acceptors (Lipinski definition) is 4. The van der Waals surface area contributed by atoms with Crippen LogP contribution in [-0.4, -0.2) is 48.9 Å². The first-order valence-electron chi connectivity index (χ1n) is 10.4. The Labute approximate surface area is 173 Å². The lowest BCUT2D eigenvalue weighted by Gasteiger charge is -2.33. The smallest absolute Gasteiger partial charge is 0.407 e. The maximum absolute atomic E-state index is 12.0. The molecule has 1 N–H and O–H groups in total. The van der Waals surface area contributed by atoms with Crippen LogP contribution in [0.15, 0.2) is 18.2 Å². The molecule has 1 aliphatic heterocycles. The van der Waals surface area contributed by atoms with Crippen LogP contribution in [0, 0.1) is 5.92 Å². The van der Waals surface area contributed by atoms with Crippen LogP contribution in [-0.2, 0) is 11.2 Å². The summed E-state index contributed by atoms with van der Waals surface area (Å²) in [7, 11) is 0. The highest BCUT2D eigenvalue weighted by Crippen LogP contribution is 2.32. The van der Waals surface area contributed by atoms with E-state index in [1.807, 2.05) is 32.9 Å². The molecular formula is C22H33ClN2O3. The second-order valence-corrected chi connectivity index (χ2v) is 9.46. The molecule has 0 aromatic heterocycles. The average molecular weight is 409 g/mol. The SMILES string of the molecule is CC(C)(C)OC(=O)N[C@H]1CCCN(CCc2ccc(OCC3CC3)c(Cl)c2)C1. The van der Waals surface area contributed by atoms with Gasteiger partial charge in [-0.15, -0.1) is 0 Å². The molecule has 1 aromatic carbocycles. The fourth-order valence-corrected chi connectivity index (χ4v) is 3.70. The molecule has 3 rings (SSSR count). The highest BCUT2D eigenvalue weighted by atomic mass is 35.5. The van der Waals surface area contributed by atoms with Gasteiger partial charge in [0.1, 0.15) is 11.4 Å². The first kappa shape index (κ1) is 21.3. The van der Waals surface area contributed by atoms with Gasteiger partial charge in [-0.1, -0.05) is 17.7 Å². The predicted octanol–water partition coefficient (Wildman–Crippen LogP) is 4.66. The van der Waals surface area contributed by atoms with Crippen LogP contribution >= 0.6 is 11.6 Å². The molecule has 1 aromatic rings. The topological polar surface area (TPSA) is 50.8 Å². The number of nitrogens with zero attached hydrogens (tertiary/aromatic N) is 1. The number of piperidine rings is 1. The number of carbonyl (C=O) groups excluding carboxylic acids is 1. The number of nitrogens with one attached hydrogen (secondary N) is 1. The summed E-state index contributed by atoms with van der Waals surface area (Å²) in [4.78, 5) is 14.4. The molecule has 156 valence electrons. The van der Waals surface area contributed by atoms with Gasteiger partial charge in [0.25, 0.3) is 0 Å². The van der Waals surface area contributed by atoms with Crippen molar-refractivity contribution in [1.82, 2.24) is 10.2 Å². The van der Waals surface area contributed by atoms with E-state index in [0.717, 1.165) is 57.2 Å². The van der Waals surface area contributed by atoms with Gasteiger partial charge < -0.3 is 19.7 Å². The number of rotatable bonds is 7. The van der Waals surface area contributed by atoms with Crippen molar-refractivity contribution in [3.05, 3.63) is 28.8 Å². The number of carbonyl (C=O) groups is 1. The Morgan fingerprint density at radius 1 is 1.29 bits per heavy atom. The molecule has 1 amide bonds. The normalized spacial score (nSPS) is 20.6. The van der Waals surface area contributed by atoms with Gasteiger partial charge in [-0.2, -0.15) is 0 Å². The largest absolute Gasteiger partial charge is 0.492 e. The number of alkyl carbamates (subject to hydrolysis) is 1. The van der Waals surface area contributed by atoms with Crippen molar-refractivity contribution in [1.29, 1.82) is 0 Å². The van der Waals surface area contributed by atoms with Crippen molar-refractivity contribution in [2.45, 2.75) is 64.5 Å². The van der Waals surface area contributed by atoms with Gasteiger partial charge in [0.15, 0.2) is 0 Å². The third-order valence-electron chi connectivity index (χ3n) is 5.11. The highest BCUT2D eigenvalue weighted by molar-refractivity contribution is 6.32. The molecule has 28 heavy (non-hydrogen) atoms. The second kappa shape index (κ2) is 9.36. The molecule has 6 heteroatoms. The molecular weight excluding hydrogens is 376 g/mol. The summed E-state index contributed by atoms with van der Waals surface area (Å²) in [6, 6.07) is 6.26. The monoisotopic (exact) mass is 408 g/mol. The zero-order chi connectivity index (χ0) is 20.1. The Kier molecular flexibility index (Phi) is 7.10. The van der Waals surface area contributed by atoms with E-state index in [1.54, 1.807) is 0 Å². The van der Waals surface area contributed by atoms with E-state index in [-0.39, 0.29) is 12.1 Å². The fourth-order valence-electron chi connectivity index (χ4n) is 3.45. The first-order valence-corrected chi connectivity index (χ1v) is 10.8. The Morgan fingerprint density at radius 2 is 2.07 bits per heavy atom. The molecule has 2 aliphatic rings. The lowest BCUT2D eigenvalue weighted by Crippen LogP contribution is -2.49. The van der Waals surface area contributed by atoms with Crippen molar-refractivity contribution in [2.75, 3.05) is 26.2 Å². The van der Waals surface area contributed by atoms with Gasteiger partial charge in [-0.3, -0.25) is 0 Å². The lowest BCUT2D eigenvalue weighted by atomic mass is 10.0. The number of halogens is 1. The van der Waals surface area contributed by atoms with Gasteiger partial charge >= 0.3 is 6.09 Å². The summed E-state index contributed by atoms with van der Waals surface area (Å²) in [5.74, 6) is 1.51. The lowest BCUT2D eigenvalue weighted by molar-refractivity contribution is 0.0472. The number of hydrogen-bond donors (Lipinski definition) is 1. The molecule has 1 aliphatic carbocycles. The van der Waals surface area contributed by atoms with Gasteiger partial charge in [0, 0.05) is 19.1 Å². The molecule has 0 unspecified atom stereocenters. The molecule has 1 saturated heterocycles. The third-order valence-corrected chi connectivity index (χ3v) is 5.41. The second-order valence-electron chi connectivity index (χ2n) is 9.06. The van der Waals surface area contributed by atoms with Gasteiger partial charge in [-0.05, 0) is 83.0 Å². The highest BCUT2D eigenvalue weighted by Gasteiger charge is 2.24. The maximum Gasteiger partial charge on any atom is 0.407 e. The molecule has 0 spiro atoms. The molecule has 5 nitrogen and oxygen atoms in total. The first-order chi connectivity index (χ1) is 13.3. The number of amides is 1. The Bertz CT molecular complexity index is 670. The van der Waals surface area contributed by atoms with Crippen molar-refractivity contribution in [3.8, 4) is 5.75 Å². The quantitative estimate of drug-likeness (QED) is 0.712. The summed E-state index contributed by atoms with van der Waals surface area (Å²) in [6.45, 7) is 9.29. The van der Waals surface area contributed by atoms with Crippen LogP contribution in [0.2, 0.25) is 5.02 Å². The summed E-state index contributed by atoms with van der Waals surface area (Å²) in [5, 5.41) is 3.70. The summed E-state index contributed by atoms with van der Waals surface area (Å²) in [5.41, 5.74) is 0.748. The molecule has 1 heterocycles. The average Bonchev–Trinajstić information content (AvgIpc) is 3.42. The fraction of sp³-hybridized carbons (Fsp3) is 0.682. The van der Waals surface area contributed by atoms with Gasteiger partial charge in [-0.25, -0.2) is 4.79 Å². The maximum atomic E-state index is 12.0. The zero-order valence-corrected chi connectivity index (χ0v) is 18.1. The standard InChI is InChI=1S/C22H33ClN2O3/c1-22(2,3)28-21(26)24-18-5-4-11-25(14-18)12-10-16-8-9-20(19(23)13-16)27-15-17-6-7-17/h8-9,13,17-18H,4-7,10-12,14-15H2,1-3H3,(H,24,26)/t18-/m0/s1. The molecule has 1 atom stereocenters. The van der Waals surface area contributed by atoms with E-state index in [1.165, 1.54) is 18.4 Å². The van der Waals surface area contributed by atoms with E-state index < -0.39 is 5.60 Å². The van der Waals surface area contributed by atoms with Gasteiger partial charge in [0.05, 0.1) is 11.6 Å². The van der Waals surface area contributed by atoms with Crippen LogP contribution in [0.3, 0.4) is 0 Å². The minimum Gasteiger partial charge on any atom is -0.492 e. The van der Waals surface area contributed by atoms with Crippen LogP contribution in [0.4, 0.5) is 4.79 Å². The molecule has 2 fully saturated rings. The third kappa shape index (κ3) is 7.17. The zero-order valence-electron chi connectivity index (χ0n) is 17.3. The van der Waals surface area contributed by atoms with E-state index in [0.29, 0.717) is 5.02 Å². The Balaban J connectivity index is 1.43. The summed E-state index contributed by atoms with van der Waals surface area (Å²) >= 11 is 6.39. The van der Waals surface area contributed by atoms with E-state index in [4.69, 9.17) is 21.1 Å². The summed E-state index contributed by atoms with van der Waals surface area (Å²) < 4.78 is 11.2. The minimum absolute atomic E-state index is 0.144. The van der Waals surface area contributed by atoms with Crippen LogP contribution < -0.4 is 10.1 Å². The van der Waals surface area contributed by atoms with Crippen LogP contribution in [0.1, 0.15) is 52.0 Å². The van der Waals surface area contributed by atoms with Crippen molar-refractivity contribution < 1.29 is 14.3 Å². The minimum atomic E-state index is -0.466. The van der Waals surface area contributed by atoms with E-state index >= 15 is 0 Å². The van der Waals surface area contributed by atoms with Crippen molar-refractivity contribution >= 4 is 17.7 Å². The number of benzene rings is 1. The Morgan fingerprint density at radius 3 is 2.75 bits per heavy atom.